The van der Waals surface area contributed by atoms with Crippen LogP contribution in [0.15, 0.2) is 24.3 Å². The van der Waals surface area contributed by atoms with Gasteiger partial charge in [-0.2, -0.15) is 12.7 Å². The molecule has 1 heterocycles. The van der Waals surface area contributed by atoms with Crippen molar-refractivity contribution < 1.29 is 18.3 Å². The van der Waals surface area contributed by atoms with Crippen LogP contribution in [0.1, 0.15) is 30.9 Å². The van der Waals surface area contributed by atoms with E-state index in [1.165, 1.54) is 4.31 Å². The van der Waals surface area contributed by atoms with Crippen molar-refractivity contribution in [1.82, 2.24) is 9.03 Å². The first-order chi connectivity index (χ1) is 9.81. The third-order valence-corrected chi connectivity index (χ3v) is 4.96. The summed E-state index contributed by atoms with van der Waals surface area (Å²) in [6, 6.07) is 7.08. The molecule has 1 aromatic rings. The maximum atomic E-state index is 12.3. The summed E-state index contributed by atoms with van der Waals surface area (Å²) in [5, 5.41) is 9.34. The summed E-state index contributed by atoms with van der Waals surface area (Å²) >= 11 is 0. The predicted molar refractivity (Wildman–Crippen MR) is 79.0 cm³/mol. The summed E-state index contributed by atoms with van der Waals surface area (Å²) in [4.78, 5) is 11.4. The molecular formula is C14H20N2O4S. The van der Waals surface area contributed by atoms with Gasteiger partial charge in [-0.1, -0.05) is 38.1 Å². The number of fused-ring (bicyclic) bond motifs is 1. The molecule has 0 amide bonds. The maximum absolute atomic E-state index is 12.3. The summed E-state index contributed by atoms with van der Waals surface area (Å²) in [5.74, 6) is -1.65. The first-order valence-electron chi connectivity index (χ1n) is 6.86. The molecule has 0 aliphatic carbocycles. The monoisotopic (exact) mass is 312 g/mol. The van der Waals surface area contributed by atoms with E-state index in [9.17, 15) is 18.3 Å². The summed E-state index contributed by atoms with van der Waals surface area (Å²) in [5.41, 5.74) is 1.44. The quantitative estimate of drug-likeness (QED) is 0.854. The Hall–Kier alpha value is -1.44. The van der Waals surface area contributed by atoms with Crippen LogP contribution in [0.4, 0.5) is 0 Å². The molecule has 0 bridgehead atoms. The van der Waals surface area contributed by atoms with Crippen molar-refractivity contribution in [1.29, 1.82) is 0 Å². The number of aliphatic carboxylic acids is 1. The molecule has 0 fully saturated rings. The third-order valence-electron chi connectivity index (χ3n) is 3.48. The lowest BCUT2D eigenvalue weighted by Crippen LogP contribution is -2.46. The lowest BCUT2D eigenvalue weighted by Gasteiger charge is -2.32. The molecule has 1 unspecified atom stereocenters. The fourth-order valence-corrected chi connectivity index (χ4v) is 3.71. The summed E-state index contributed by atoms with van der Waals surface area (Å²) < 4.78 is 28.3. The molecule has 1 aliphatic heterocycles. The second-order valence-corrected chi connectivity index (χ2v) is 7.38. The topological polar surface area (TPSA) is 86.7 Å². The van der Waals surface area contributed by atoms with Gasteiger partial charge >= 0.3 is 5.97 Å². The predicted octanol–water partition coefficient (Wildman–Crippen LogP) is 1.16. The van der Waals surface area contributed by atoms with Crippen LogP contribution in [-0.4, -0.2) is 36.9 Å². The fourth-order valence-electron chi connectivity index (χ4n) is 2.33. The van der Waals surface area contributed by atoms with Crippen molar-refractivity contribution in [2.75, 3.05) is 13.1 Å². The van der Waals surface area contributed by atoms with Crippen LogP contribution in [0.3, 0.4) is 0 Å². The molecular weight excluding hydrogens is 292 g/mol. The van der Waals surface area contributed by atoms with Crippen LogP contribution in [0.5, 0.6) is 0 Å². The molecule has 6 nitrogen and oxygen atoms in total. The highest BCUT2D eigenvalue weighted by molar-refractivity contribution is 7.87. The van der Waals surface area contributed by atoms with Crippen LogP contribution in [-0.2, 0) is 21.5 Å². The SMILES string of the molecule is CC(C)CNS(=O)(=O)N1Cc2ccccc2C(C(=O)O)C1. The molecule has 0 spiro atoms. The second kappa shape index (κ2) is 6.13. The van der Waals surface area contributed by atoms with E-state index >= 15 is 0 Å². The molecule has 0 aromatic heterocycles. The Labute approximate surface area is 125 Å². The van der Waals surface area contributed by atoms with Crippen molar-refractivity contribution >= 4 is 16.2 Å². The summed E-state index contributed by atoms with van der Waals surface area (Å²) in [7, 11) is -3.67. The van der Waals surface area contributed by atoms with Gasteiger partial charge < -0.3 is 5.11 Å². The highest BCUT2D eigenvalue weighted by atomic mass is 32.2. The van der Waals surface area contributed by atoms with Crippen LogP contribution < -0.4 is 4.72 Å². The van der Waals surface area contributed by atoms with Gasteiger partial charge in [-0.25, -0.2) is 4.72 Å². The number of nitrogens with zero attached hydrogens (tertiary/aromatic N) is 1. The number of carbonyl (C=O) groups is 1. The number of carboxylic acids is 1. The van der Waals surface area contributed by atoms with Crippen molar-refractivity contribution in [3.05, 3.63) is 35.4 Å². The van der Waals surface area contributed by atoms with Gasteiger partial charge in [-0.3, -0.25) is 4.79 Å². The molecule has 7 heteroatoms. The van der Waals surface area contributed by atoms with E-state index in [2.05, 4.69) is 4.72 Å². The minimum absolute atomic E-state index is 0.0419. The highest BCUT2D eigenvalue weighted by Crippen LogP contribution is 2.29. The average molecular weight is 312 g/mol. The number of hydrogen-bond donors (Lipinski definition) is 2. The molecule has 1 aliphatic rings. The zero-order valence-corrected chi connectivity index (χ0v) is 12.9. The van der Waals surface area contributed by atoms with Gasteiger partial charge in [-0.05, 0) is 17.0 Å². The van der Waals surface area contributed by atoms with E-state index in [4.69, 9.17) is 0 Å². The fraction of sp³-hybridized carbons (Fsp3) is 0.500. The Balaban J connectivity index is 2.27. The lowest BCUT2D eigenvalue weighted by molar-refractivity contribution is -0.139. The minimum Gasteiger partial charge on any atom is -0.481 e. The van der Waals surface area contributed by atoms with E-state index in [1.54, 1.807) is 24.3 Å². The summed E-state index contributed by atoms with van der Waals surface area (Å²) in [6.07, 6.45) is 0. The number of carboxylic acid groups (broad SMARTS) is 1. The number of nitrogens with one attached hydrogen (secondary N) is 1. The highest BCUT2D eigenvalue weighted by Gasteiger charge is 2.35. The molecule has 1 atom stereocenters. The van der Waals surface area contributed by atoms with Crippen LogP contribution in [0, 0.1) is 5.92 Å². The largest absolute Gasteiger partial charge is 0.481 e. The average Bonchev–Trinajstić information content (AvgIpc) is 2.44. The standard InChI is InChI=1S/C14H20N2O4S/c1-10(2)7-15-21(19,20)16-8-11-5-3-4-6-12(11)13(9-16)14(17)18/h3-6,10,13,15H,7-9H2,1-2H3,(H,17,18). The van der Waals surface area contributed by atoms with Crippen LogP contribution >= 0.6 is 0 Å². The Morgan fingerprint density at radius 3 is 2.71 bits per heavy atom. The molecule has 2 rings (SSSR count). The van der Waals surface area contributed by atoms with E-state index in [0.717, 1.165) is 5.56 Å². The minimum atomic E-state index is -3.67. The molecule has 0 radical (unpaired) electrons. The molecule has 0 saturated carbocycles. The van der Waals surface area contributed by atoms with Crippen molar-refractivity contribution in [2.24, 2.45) is 5.92 Å². The Bertz CT molecular complexity index is 628. The maximum Gasteiger partial charge on any atom is 0.312 e. The van der Waals surface area contributed by atoms with Gasteiger partial charge in [0.05, 0.1) is 5.92 Å². The van der Waals surface area contributed by atoms with Gasteiger partial charge in [0.1, 0.15) is 0 Å². The lowest BCUT2D eigenvalue weighted by atomic mass is 9.91. The van der Waals surface area contributed by atoms with Gasteiger partial charge in [0.25, 0.3) is 10.2 Å². The van der Waals surface area contributed by atoms with Crippen molar-refractivity contribution in [3.63, 3.8) is 0 Å². The van der Waals surface area contributed by atoms with E-state index < -0.39 is 22.1 Å². The molecule has 21 heavy (non-hydrogen) atoms. The van der Waals surface area contributed by atoms with Crippen LogP contribution in [0.2, 0.25) is 0 Å². The number of rotatable bonds is 5. The molecule has 1 aromatic carbocycles. The molecule has 0 saturated heterocycles. The first-order valence-corrected chi connectivity index (χ1v) is 8.30. The molecule has 2 N–H and O–H groups in total. The Kier molecular flexibility index (Phi) is 4.65. The summed E-state index contributed by atoms with van der Waals surface area (Å²) in [6.45, 7) is 4.31. The van der Waals surface area contributed by atoms with Gasteiger partial charge in [0, 0.05) is 19.6 Å². The number of hydrogen-bond acceptors (Lipinski definition) is 3. The Morgan fingerprint density at radius 1 is 1.43 bits per heavy atom. The first kappa shape index (κ1) is 15.9. The zero-order chi connectivity index (χ0) is 15.6. The third kappa shape index (κ3) is 3.61. The molecule has 116 valence electrons. The van der Waals surface area contributed by atoms with E-state index in [-0.39, 0.29) is 19.0 Å². The van der Waals surface area contributed by atoms with Crippen LogP contribution in [0.25, 0.3) is 0 Å². The smallest absolute Gasteiger partial charge is 0.312 e. The van der Waals surface area contributed by atoms with Gasteiger partial charge in [-0.15, -0.1) is 0 Å². The van der Waals surface area contributed by atoms with Crippen molar-refractivity contribution in [3.8, 4) is 0 Å². The van der Waals surface area contributed by atoms with E-state index in [0.29, 0.717) is 12.1 Å². The second-order valence-electron chi connectivity index (χ2n) is 5.63. The van der Waals surface area contributed by atoms with Gasteiger partial charge in [0.15, 0.2) is 0 Å². The van der Waals surface area contributed by atoms with Gasteiger partial charge in [0.2, 0.25) is 0 Å². The number of benzene rings is 1. The Morgan fingerprint density at radius 2 is 2.10 bits per heavy atom. The van der Waals surface area contributed by atoms with E-state index in [1.807, 2.05) is 13.8 Å². The normalized spacial score (nSPS) is 19.5. The zero-order valence-electron chi connectivity index (χ0n) is 12.1. The van der Waals surface area contributed by atoms with Crippen molar-refractivity contribution in [2.45, 2.75) is 26.3 Å².